The molecule has 3 rings (SSSR count). The molecule has 0 saturated carbocycles. The minimum atomic E-state index is -3.06. The summed E-state index contributed by atoms with van der Waals surface area (Å²) in [6.45, 7) is 2.28. The number of nitrogens with two attached hydrogens (primary N) is 1. The molecular formula is C16H19Cl2N5O3S2. The van der Waals surface area contributed by atoms with Crippen molar-refractivity contribution >= 4 is 50.7 Å². The highest BCUT2D eigenvalue weighted by Gasteiger charge is 2.34. The molecule has 1 amide bonds. The number of nitrogen functional groups attached to an aromatic ring is 1. The summed E-state index contributed by atoms with van der Waals surface area (Å²) in [6, 6.07) is 4.67. The van der Waals surface area contributed by atoms with E-state index in [1.165, 1.54) is 4.68 Å². The molecule has 0 bridgehead atoms. The van der Waals surface area contributed by atoms with Gasteiger partial charge in [-0.1, -0.05) is 35.0 Å². The van der Waals surface area contributed by atoms with Gasteiger partial charge in [-0.15, -0.1) is 10.2 Å². The number of amides is 1. The second-order valence-electron chi connectivity index (χ2n) is 6.33. The lowest BCUT2D eigenvalue weighted by atomic mass is 10.2. The van der Waals surface area contributed by atoms with Gasteiger partial charge in [-0.25, -0.2) is 13.1 Å². The largest absolute Gasteiger partial charge is 0.338 e. The number of carbonyl (C=O) groups excluding carboxylic acids is 1. The Morgan fingerprint density at radius 2 is 2.14 bits per heavy atom. The van der Waals surface area contributed by atoms with Crippen molar-refractivity contribution in [2.45, 2.75) is 24.5 Å². The van der Waals surface area contributed by atoms with E-state index in [4.69, 9.17) is 29.0 Å². The van der Waals surface area contributed by atoms with Crippen LogP contribution >= 0.6 is 35.0 Å². The van der Waals surface area contributed by atoms with Crippen LogP contribution in [0.4, 0.5) is 0 Å². The molecule has 1 saturated heterocycles. The maximum Gasteiger partial charge on any atom is 0.233 e. The van der Waals surface area contributed by atoms with Gasteiger partial charge in [0.2, 0.25) is 11.1 Å². The molecule has 1 aromatic heterocycles. The molecule has 12 heteroatoms. The Kier molecular flexibility index (Phi) is 6.43. The van der Waals surface area contributed by atoms with Crippen molar-refractivity contribution in [2.24, 2.45) is 0 Å². The molecule has 2 heterocycles. The fraction of sp³-hybridized carbons (Fsp3) is 0.438. The third kappa shape index (κ3) is 4.56. The van der Waals surface area contributed by atoms with E-state index in [0.717, 1.165) is 11.8 Å². The number of carbonyl (C=O) groups is 1. The summed E-state index contributed by atoms with van der Waals surface area (Å²) in [5.41, 5.74) is 0.575. The van der Waals surface area contributed by atoms with Gasteiger partial charge in [0.25, 0.3) is 0 Å². The zero-order chi connectivity index (χ0) is 20.5. The van der Waals surface area contributed by atoms with Gasteiger partial charge in [0.1, 0.15) is 0 Å². The SMILES string of the molecule is CCN(C(=O)CSc1nnc(-c2ccc(Cl)cc2Cl)n1N)C1CCS(=O)(=O)C1. The highest BCUT2D eigenvalue weighted by molar-refractivity contribution is 7.99. The molecule has 152 valence electrons. The number of nitrogens with zero attached hydrogens (tertiary/aromatic N) is 4. The molecule has 2 aromatic rings. The Hall–Kier alpha value is -1.49. The summed E-state index contributed by atoms with van der Waals surface area (Å²) < 4.78 is 24.7. The molecule has 1 atom stereocenters. The summed E-state index contributed by atoms with van der Waals surface area (Å²) in [5.74, 6) is 6.48. The fourth-order valence-electron chi connectivity index (χ4n) is 3.10. The third-order valence-electron chi connectivity index (χ3n) is 4.47. The number of hydrogen-bond acceptors (Lipinski definition) is 7. The maximum absolute atomic E-state index is 12.6. The van der Waals surface area contributed by atoms with E-state index in [9.17, 15) is 13.2 Å². The number of sulfone groups is 1. The van der Waals surface area contributed by atoms with Crippen molar-refractivity contribution in [1.29, 1.82) is 0 Å². The lowest BCUT2D eigenvalue weighted by Gasteiger charge is -2.26. The van der Waals surface area contributed by atoms with Crippen molar-refractivity contribution in [3.05, 3.63) is 28.2 Å². The molecule has 0 radical (unpaired) electrons. The average molecular weight is 464 g/mol. The molecule has 1 aliphatic rings. The number of aromatic nitrogens is 3. The lowest BCUT2D eigenvalue weighted by molar-refractivity contribution is -0.129. The van der Waals surface area contributed by atoms with Gasteiger partial charge < -0.3 is 10.7 Å². The molecule has 1 fully saturated rings. The molecule has 0 spiro atoms. The predicted molar refractivity (Wildman–Crippen MR) is 111 cm³/mol. The highest BCUT2D eigenvalue weighted by atomic mass is 35.5. The Morgan fingerprint density at radius 3 is 2.75 bits per heavy atom. The Labute approximate surface area is 177 Å². The van der Waals surface area contributed by atoms with Crippen LogP contribution in [0.1, 0.15) is 13.3 Å². The van der Waals surface area contributed by atoms with E-state index in [0.29, 0.717) is 39.6 Å². The Morgan fingerprint density at radius 1 is 1.39 bits per heavy atom. The molecule has 1 aromatic carbocycles. The van der Waals surface area contributed by atoms with E-state index in [1.54, 1.807) is 23.1 Å². The first-order chi connectivity index (χ1) is 13.2. The summed E-state index contributed by atoms with van der Waals surface area (Å²) >= 11 is 13.2. The molecule has 1 unspecified atom stereocenters. The number of hydrogen-bond donors (Lipinski definition) is 1. The highest BCUT2D eigenvalue weighted by Crippen LogP contribution is 2.30. The zero-order valence-electron chi connectivity index (χ0n) is 15.0. The summed E-state index contributed by atoms with van der Waals surface area (Å²) in [5, 5.41) is 9.31. The van der Waals surface area contributed by atoms with Gasteiger partial charge in [0, 0.05) is 23.2 Å². The predicted octanol–water partition coefficient (Wildman–Crippen LogP) is 2.09. The van der Waals surface area contributed by atoms with Crippen LogP contribution < -0.4 is 5.84 Å². The topological polar surface area (TPSA) is 111 Å². The molecule has 28 heavy (non-hydrogen) atoms. The van der Waals surface area contributed by atoms with E-state index in [-0.39, 0.29) is 29.2 Å². The minimum absolute atomic E-state index is 0.0174. The van der Waals surface area contributed by atoms with Gasteiger partial charge >= 0.3 is 0 Å². The van der Waals surface area contributed by atoms with Crippen molar-refractivity contribution in [2.75, 3.05) is 29.6 Å². The van der Waals surface area contributed by atoms with Crippen molar-refractivity contribution in [3.63, 3.8) is 0 Å². The summed E-state index contributed by atoms with van der Waals surface area (Å²) in [6.07, 6.45) is 0.471. The molecule has 0 aliphatic carbocycles. The first-order valence-electron chi connectivity index (χ1n) is 8.50. The summed E-state index contributed by atoms with van der Waals surface area (Å²) in [4.78, 5) is 14.2. The van der Waals surface area contributed by atoms with E-state index < -0.39 is 9.84 Å². The molecule has 8 nitrogen and oxygen atoms in total. The van der Waals surface area contributed by atoms with E-state index >= 15 is 0 Å². The lowest BCUT2D eigenvalue weighted by Crippen LogP contribution is -2.42. The van der Waals surface area contributed by atoms with Crippen molar-refractivity contribution < 1.29 is 13.2 Å². The van der Waals surface area contributed by atoms with Crippen molar-refractivity contribution in [1.82, 2.24) is 19.8 Å². The molecular weight excluding hydrogens is 445 g/mol. The van der Waals surface area contributed by atoms with Crippen LogP contribution in [-0.2, 0) is 14.6 Å². The van der Waals surface area contributed by atoms with Gasteiger partial charge in [0.05, 0.1) is 22.3 Å². The third-order valence-corrected chi connectivity index (χ3v) is 7.70. The van der Waals surface area contributed by atoms with Gasteiger partial charge in [-0.2, -0.15) is 0 Å². The van der Waals surface area contributed by atoms with Crippen LogP contribution in [0.15, 0.2) is 23.4 Å². The van der Waals surface area contributed by atoms with Crippen LogP contribution in [0.3, 0.4) is 0 Å². The van der Waals surface area contributed by atoms with E-state index in [2.05, 4.69) is 10.2 Å². The minimum Gasteiger partial charge on any atom is -0.338 e. The molecule has 2 N–H and O–H groups in total. The van der Waals surface area contributed by atoms with Crippen molar-refractivity contribution in [3.8, 4) is 11.4 Å². The number of rotatable bonds is 6. The van der Waals surface area contributed by atoms with Crippen LogP contribution in [0.5, 0.6) is 0 Å². The normalized spacial score (nSPS) is 18.3. The second-order valence-corrected chi connectivity index (χ2v) is 10.3. The first kappa shape index (κ1) is 21.2. The number of benzene rings is 1. The average Bonchev–Trinajstić information content (AvgIpc) is 3.16. The summed E-state index contributed by atoms with van der Waals surface area (Å²) in [7, 11) is -3.06. The number of thioether (sulfide) groups is 1. The van der Waals surface area contributed by atoms with Gasteiger partial charge in [-0.05, 0) is 31.5 Å². The maximum atomic E-state index is 12.6. The van der Waals surface area contributed by atoms with E-state index in [1.807, 2.05) is 6.92 Å². The zero-order valence-corrected chi connectivity index (χ0v) is 18.2. The molecule has 1 aliphatic heterocycles. The van der Waals surface area contributed by atoms with Crippen LogP contribution in [-0.4, -0.2) is 63.9 Å². The van der Waals surface area contributed by atoms with Crippen LogP contribution in [0, 0.1) is 0 Å². The van der Waals surface area contributed by atoms with Gasteiger partial charge in [-0.3, -0.25) is 4.79 Å². The van der Waals surface area contributed by atoms with Gasteiger partial charge in [0.15, 0.2) is 15.7 Å². The first-order valence-corrected chi connectivity index (χ1v) is 12.1. The number of halogens is 2. The smallest absolute Gasteiger partial charge is 0.233 e. The standard InChI is InChI=1S/C16H19Cl2N5O3S2/c1-2-22(11-5-6-28(25,26)9-11)14(24)8-27-16-21-20-15(23(16)19)12-4-3-10(17)7-13(12)18/h3-4,7,11H,2,5-6,8-9,19H2,1H3. The Balaban J connectivity index is 1.69. The quantitative estimate of drug-likeness (QED) is 0.515. The fourth-order valence-corrected chi connectivity index (χ4v) is 6.06. The second kappa shape index (κ2) is 8.48. The van der Waals surface area contributed by atoms with Crippen LogP contribution in [0.2, 0.25) is 10.0 Å². The Bertz CT molecular complexity index is 996. The monoisotopic (exact) mass is 463 g/mol. The van der Waals surface area contributed by atoms with Crippen LogP contribution in [0.25, 0.3) is 11.4 Å².